The molecule has 1 aromatic heterocycles. The van der Waals surface area contributed by atoms with Gasteiger partial charge in [-0.15, -0.1) is 0 Å². The first-order chi connectivity index (χ1) is 5.66. The minimum Gasteiger partial charge on any atom is -0.439 e. The van der Waals surface area contributed by atoms with Gasteiger partial charge < -0.3 is 10.2 Å². The van der Waals surface area contributed by atoms with E-state index in [1.807, 2.05) is 0 Å². The molecule has 1 aromatic carbocycles. The Kier molecular flexibility index (Phi) is 1.48. The molecule has 0 spiro atoms. The van der Waals surface area contributed by atoms with Crippen LogP contribution in [-0.4, -0.2) is 4.98 Å². The Balaban J connectivity index is 2.88. The third kappa shape index (κ3) is 1.02. The molecule has 12 heavy (non-hydrogen) atoms. The number of aryl methyl sites for hydroxylation is 1. The van der Waals surface area contributed by atoms with Gasteiger partial charge in [0.05, 0.1) is 5.69 Å². The van der Waals surface area contributed by atoms with Crippen molar-refractivity contribution in [3.8, 4) is 0 Å². The lowest BCUT2D eigenvalue weighted by molar-refractivity contribution is 0.562. The fraction of sp³-hybridized carbons (Fsp3) is 0.125. The normalized spacial score (nSPS) is 10.8. The van der Waals surface area contributed by atoms with Crippen molar-refractivity contribution in [1.29, 1.82) is 0 Å². The van der Waals surface area contributed by atoms with Crippen molar-refractivity contribution < 1.29 is 4.42 Å². The summed E-state index contributed by atoms with van der Waals surface area (Å²) in [6.07, 6.45) is 0. The van der Waals surface area contributed by atoms with E-state index in [0.29, 0.717) is 27.7 Å². The summed E-state index contributed by atoms with van der Waals surface area (Å²) in [5.41, 5.74) is 7.49. The molecular formula is C8H7ClN2O. The van der Waals surface area contributed by atoms with E-state index in [1.165, 1.54) is 0 Å². The van der Waals surface area contributed by atoms with Crippen LogP contribution in [-0.2, 0) is 0 Å². The molecule has 2 N–H and O–H groups in total. The highest BCUT2D eigenvalue weighted by atomic mass is 35.5. The lowest BCUT2D eigenvalue weighted by atomic mass is 10.3. The number of hydrogen-bond acceptors (Lipinski definition) is 3. The van der Waals surface area contributed by atoms with Crippen molar-refractivity contribution in [3.63, 3.8) is 0 Å². The van der Waals surface area contributed by atoms with Crippen molar-refractivity contribution >= 4 is 28.4 Å². The standard InChI is InChI=1S/C8H7ClN2O/c1-4-11-7-3-5(9)2-6(10)8(7)12-4/h2-3H,10H2,1H3. The molecule has 1 heterocycles. The maximum atomic E-state index is 5.77. The van der Waals surface area contributed by atoms with Crippen LogP contribution in [0.5, 0.6) is 0 Å². The molecule has 0 saturated carbocycles. The topological polar surface area (TPSA) is 52.0 Å². The van der Waals surface area contributed by atoms with E-state index in [-0.39, 0.29) is 0 Å². The van der Waals surface area contributed by atoms with E-state index in [4.69, 9.17) is 21.8 Å². The van der Waals surface area contributed by atoms with Gasteiger partial charge in [-0.3, -0.25) is 0 Å². The van der Waals surface area contributed by atoms with Crippen molar-refractivity contribution in [3.05, 3.63) is 23.0 Å². The predicted molar refractivity (Wildman–Crippen MR) is 48.2 cm³/mol. The zero-order valence-electron chi connectivity index (χ0n) is 6.47. The summed E-state index contributed by atoms with van der Waals surface area (Å²) in [6.45, 7) is 1.77. The average Bonchev–Trinajstić information content (AvgIpc) is 2.29. The summed E-state index contributed by atoms with van der Waals surface area (Å²) in [5, 5.41) is 0.577. The summed E-state index contributed by atoms with van der Waals surface area (Å²) in [6, 6.07) is 3.37. The lowest BCUT2D eigenvalue weighted by Gasteiger charge is -1.93. The number of hydrogen-bond donors (Lipinski definition) is 1. The van der Waals surface area contributed by atoms with Crippen molar-refractivity contribution in [2.45, 2.75) is 6.92 Å². The van der Waals surface area contributed by atoms with Gasteiger partial charge in [0.1, 0.15) is 5.52 Å². The molecule has 3 nitrogen and oxygen atoms in total. The smallest absolute Gasteiger partial charge is 0.192 e. The van der Waals surface area contributed by atoms with Gasteiger partial charge in [0.2, 0.25) is 0 Å². The zero-order valence-corrected chi connectivity index (χ0v) is 7.22. The quantitative estimate of drug-likeness (QED) is 0.637. The van der Waals surface area contributed by atoms with Gasteiger partial charge >= 0.3 is 0 Å². The summed E-state index contributed by atoms with van der Waals surface area (Å²) in [4.78, 5) is 4.10. The summed E-state index contributed by atoms with van der Waals surface area (Å²) in [7, 11) is 0. The van der Waals surface area contributed by atoms with Crippen LogP contribution in [0.3, 0.4) is 0 Å². The van der Waals surface area contributed by atoms with Crippen LogP contribution in [0.4, 0.5) is 5.69 Å². The van der Waals surface area contributed by atoms with E-state index in [0.717, 1.165) is 0 Å². The molecule has 0 fully saturated rings. The Morgan fingerprint density at radius 2 is 2.25 bits per heavy atom. The number of nitrogen functional groups attached to an aromatic ring is 1. The Morgan fingerprint density at radius 3 is 3.00 bits per heavy atom. The van der Waals surface area contributed by atoms with Crippen LogP contribution < -0.4 is 5.73 Å². The fourth-order valence-corrected chi connectivity index (χ4v) is 1.36. The largest absolute Gasteiger partial charge is 0.439 e. The van der Waals surface area contributed by atoms with Crippen LogP contribution >= 0.6 is 11.6 Å². The summed E-state index contributed by atoms with van der Waals surface area (Å²) < 4.78 is 5.26. The molecule has 0 amide bonds. The van der Waals surface area contributed by atoms with Gasteiger partial charge in [-0.2, -0.15) is 0 Å². The molecular weight excluding hydrogens is 176 g/mol. The Morgan fingerprint density at radius 1 is 1.50 bits per heavy atom. The van der Waals surface area contributed by atoms with Gasteiger partial charge in [0.15, 0.2) is 11.5 Å². The number of nitrogens with two attached hydrogens (primary N) is 1. The zero-order chi connectivity index (χ0) is 8.72. The molecule has 2 aromatic rings. The maximum absolute atomic E-state index is 5.77. The third-order valence-corrected chi connectivity index (χ3v) is 1.81. The Bertz CT molecular complexity index is 436. The van der Waals surface area contributed by atoms with Crippen molar-refractivity contribution in [2.24, 2.45) is 0 Å². The Hall–Kier alpha value is -1.22. The second-order valence-electron chi connectivity index (χ2n) is 2.58. The highest BCUT2D eigenvalue weighted by Crippen LogP contribution is 2.25. The minimum absolute atomic E-state index is 0.526. The molecule has 0 saturated heterocycles. The molecule has 0 atom stereocenters. The molecule has 0 unspecified atom stereocenters. The van der Waals surface area contributed by atoms with Gasteiger partial charge in [0.25, 0.3) is 0 Å². The van der Waals surface area contributed by atoms with E-state index >= 15 is 0 Å². The maximum Gasteiger partial charge on any atom is 0.192 e. The van der Waals surface area contributed by atoms with Crippen LogP contribution in [0.15, 0.2) is 16.5 Å². The number of aromatic nitrogens is 1. The Labute approximate surface area is 74.1 Å². The van der Waals surface area contributed by atoms with Gasteiger partial charge in [-0.1, -0.05) is 11.6 Å². The highest BCUT2D eigenvalue weighted by Gasteiger charge is 2.06. The minimum atomic E-state index is 0.526. The molecule has 0 aliphatic rings. The predicted octanol–water partition coefficient (Wildman–Crippen LogP) is 2.37. The first kappa shape index (κ1) is 7.43. The van der Waals surface area contributed by atoms with E-state index in [1.54, 1.807) is 19.1 Å². The molecule has 0 aliphatic heterocycles. The van der Waals surface area contributed by atoms with E-state index in [9.17, 15) is 0 Å². The highest BCUT2D eigenvalue weighted by molar-refractivity contribution is 6.31. The number of nitrogens with zero attached hydrogens (tertiary/aromatic N) is 1. The van der Waals surface area contributed by atoms with Gasteiger partial charge in [-0.25, -0.2) is 4.98 Å². The van der Waals surface area contributed by atoms with E-state index in [2.05, 4.69) is 4.98 Å². The number of benzene rings is 1. The second kappa shape index (κ2) is 2.38. The van der Waals surface area contributed by atoms with Crippen molar-refractivity contribution in [2.75, 3.05) is 5.73 Å². The third-order valence-electron chi connectivity index (χ3n) is 1.59. The number of halogens is 1. The number of oxazole rings is 1. The molecule has 4 heteroatoms. The van der Waals surface area contributed by atoms with Crippen LogP contribution in [0.1, 0.15) is 5.89 Å². The lowest BCUT2D eigenvalue weighted by Crippen LogP contribution is -1.84. The molecule has 62 valence electrons. The molecule has 0 radical (unpaired) electrons. The van der Waals surface area contributed by atoms with Gasteiger partial charge in [0, 0.05) is 11.9 Å². The van der Waals surface area contributed by atoms with Crippen molar-refractivity contribution in [1.82, 2.24) is 4.98 Å². The number of anilines is 1. The summed E-state index contributed by atoms with van der Waals surface area (Å²) >= 11 is 5.77. The number of fused-ring (bicyclic) bond motifs is 1. The van der Waals surface area contributed by atoms with Gasteiger partial charge in [-0.05, 0) is 12.1 Å². The summed E-state index contributed by atoms with van der Waals surface area (Å²) in [5.74, 6) is 0.596. The first-order valence-corrected chi connectivity index (χ1v) is 3.87. The SMILES string of the molecule is Cc1nc2cc(Cl)cc(N)c2o1. The molecule has 0 aliphatic carbocycles. The fourth-order valence-electron chi connectivity index (χ4n) is 1.13. The second-order valence-corrected chi connectivity index (χ2v) is 3.01. The molecule has 2 rings (SSSR count). The molecule has 0 bridgehead atoms. The first-order valence-electron chi connectivity index (χ1n) is 3.49. The van der Waals surface area contributed by atoms with Crippen LogP contribution in [0, 0.1) is 6.92 Å². The number of rotatable bonds is 0. The van der Waals surface area contributed by atoms with Crippen LogP contribution in [0.2, 0.25) is 5.02 Å². The van der Waals surface area contributed by atoms with Crippen LogP contribution in [0.25, 0.3) is 11.1 Å². The monoisotopic (exact) mass is 182 g/mol. The average molecular weight is 183 g/mol. The van der Waals surface area contributed by atoms with E-state index < -0.39 is 0 Å².